The molecule has 0 aromatic carbocycles. The summed E-state index contributed by atoms with van der Waals surface area (Å²) in [7, 11) is 0. The number of aryl methyl sites for hydroxylation is 1. The second-order valence-electron chi connectivity index (χ2n) is 3.74. The zero-order valence-corrected chi connectivity index (χ0v) is 9.94. The second-order valence-corrected chi connectivity index (χ2v) is 4.15. The van der Waals surface area contributed by atoms with E-state index in [0.717, 1.165) is 17.1 Å². The Morgan fingerprint density at radius 1 is 1.50 bits per heavy atom. The Morgan fingerprint density at radius 3 is 2.81 bits per heavy atom. The maximum atomic E-state index is 5.95. The molecule has 2 aromatic heterocycles. The minimum absolute atomic E-state index is 0.0196. The third-order valence-electron chi connectivity index (χ3n) is 2.37. The average Bonchev–Trinajstić information content (AvgIpc) is 2.59. The molecule has 0 aliphatic carbocycles. The smallest absolute Gasteiger partial charge is 0.153 e. The molecule has 0 radical (unpaired) electrons. The molecule has 2 rings (SSSR count). The van der Waals surface area contributed by atoms with Crippen LogP contribution in [0, 0.1) is 6.92 Å². The highest BCUT2D eigenvalue weighted by Gasteiger charge is 2.06. The van der Waals surface area contributed by atoms with Crippen molar-refractivity contribution in [3.05, 3.63) is 40.8 Å². The van der Waals surface area contributed by atoms with Crippen molar-refractivity contribution in [2.75, 3.05) is 0 Å². The first-order valence-corrected chi connectivity index (χ1v) is 5.39. The van der Waals surface area contributed by atoms with Gasteiger partial charge in [-0.15, -0.1) is 0 Å². The second kappa shape index (κ2) is 4.23. The Morgan fingerprint density at radius 2 is 2.25 bits per heavy atom. The number of hydrogen-bond donors (Lipinski definition) is 1. The van der Waals surface area contributed by atoms with Crippen molar-refractivity contribution in [3.63, 3.8) is 0 Å². The van der Waals surface area contributed by atoms with Crippen LogP contribution in [0.1, 0.15) is 24.2 Å². The Bertz CT molecular complexity index is 485. The van der Waals surface area contributed by atoms with Crippen LogP contribution in [0.3, 0.4) is 0 Å². The summed E-state index contributed by atoms with van der Waals surface area (Å²) in [6.07, 6.45) is 3.46. The van der Waals surface area contributed by atoms with Crippen molar-refractivity contribution in [1.29, 1.82) is 0 Å². The number of aromatic nitrogens is 3. The number of hydrogen-bond acceptors (Lipinski definition) is 3. The van der Waals surface area contributed by atoms with Crippen molar-refractivity contribution in [2.45, 2.75) is 19.9 Å². The highest BCUT2D eigenvalue weighted by molar-refractivity contribution is 6.31. The van der Waals surface area contributed by atoms with Crippen LogP contribution < -0.4 is 5.73 Å². The van der Waals surface area contributed by atoms with Gasteiger partial charge in [-0.05, 0) is 31.5 Å². The minimum atomic E-state index is -0.0196. The third-order valence-corrected chi connectivity index (χ3v) is 2.74. The maximum Gasteiger partial charge on any atom is 0.153 e. The quantitative estimate of drug-likeness (QED) is 0.870. The van der Waals surface area contributed by atoms with Gasteiger partial charge in [-0.3, -0.25) is 0 Å². The van der Waals surface area contributed by atoms with E-state index in [1.165, 1.54) is 0 Å². The molecule has 0 aliphatic rings. The standard InChI is InChI=1S/C11H13ClN4/c1-7(13)9-3-4-14-11(5-9)16-6-10(12)8(2)15-16/h3-7H,13H2,1-2H3/t7-/m1/s1. The van der Waals surface area contributed by atoms with Crippen molar-refractivity contribution in [3.8, 4) is 5.82 Å². The summed E-state index contributed by atoms with van der Waals surface area (Å²) < 4.78 is 1.66. The van der Waals surface area contributed by atoms with E-state index in [9.17, 15) is 0 Å². The van der Waals surface area contributed by atoms with Crippen LogP contribution >= 0.6 is 11.6 Å². The lowest BCUT2D eigenvalue weighted by Gasteiger charge is -2.07. The van der Waals surface area contributed by atoms with Crippen LogP contribution in [-0.4, -0.2) is 14.8 Å². The van der Waals surface area contributed by atoms with E-state index < -0.39 is 0 Å². The van der Waals surface area contributed by atoms with Crippen LogP contribution in [0.2, 0.25) is 5.02 Å². The molecule has 0 spiro atoms. The van der Waals surface area contributed by atoms with Gasteiger partial charge in [-0.2, -0.15) is 5.10 Å². The van der Waals surface area contributed by atoms with Gasteiger partial charge >= 0.3 is 0 Å². The molecule has 0 aliphatic heterocycles. The van der Waals surface area contributed by atoms with E-state index in [4.69, 9.17) is 17.3 Å². The molecule has 2 heterocycles. The van der Waals surface area contributed by atoms with E-state index in [2.05, 4.69) is 10.1 Å². The first-order valence-electron chi connectivity index (χ1n) is 5.01. The van der Waals surface area contributed by atoms with Crippen molar-refractivity contribution >= 4 is 11.6 Å². The van der Waals surface area contributed by atoms with E-state index in [1.54, 1.807) is 17.1 Å². The molecular weight excluding hydrogens is 224 g/mol. The number of pyridine rings is 1. The largest absolute Gasteiger partial charge is 0.324 e. The van der Waals surface area contributed by atoms with Gasteiger partial charge < -0.3 is 5.73 Å². The van der Waals surface area contributed by atoms with Gasteiger partial charge in [0.25, 0.3) is 0 Å². The highest BCUT2D eigenvalue weighted by atomic mass is 35.5. The van der Waals surface area contributed by atoms with Crippen molar-refractivity contribution in [1.82, 2.24) is 14.8 Å². The van der Waals surface area contributed by atoms with E-state index in [1.807, 2.05) is 26.0 Å². The summed E-state index contributed by atoms with van der Waals surface area (Å²) in [6.45, 7) is 3.79. The highest BCUT2D eigenvalue weighted by Crippen LogP contribution is 2.17. The van der Waals surface area contributed by atoms with Crippen LogP contribution in [0.5, 0.6) is 0 Å². The van der Waals surface area contributed by atoms with Crippen LogP contribution in [-0.2, 0) is 0 Å². The lowest BCUT2D eigenvalue weighted by atomic mass is 10.1. The number of nitrogens with zero attached hydrogens (tertiary/aromatic N) is 3. The van der Waals surface area contributed by atoms with Crippen LogP contribution in [0.25, 0.3) is 5.82 Å². The SMILES string of the molecule is Cc1nn(-c2cc([C@@H](C)N)ccn2)cc1Cl. The van der Waals surface area contributed by atoms with Crippen molar-refractivity contribution in [2.24, 2.45) is 5.73 Å². The zero-order chi connectivity index (χ0) is 11.7. The van der Waals surface area contributed by atoms with E-state index >= 15 is 0 Å². The van der Waals surface area contributed by atoms with Gasteiger partial charge in [-0.25, -0.2) is 9.67 Å². The van der Waals surface area contributed by atoms with E-state index in [-0.39, 0.29) is 6.04 Å². The molecular formula is C11H13ClN4. The molecule has 2 aromatic rings. The molecule has 5 heteroatoms. The maximum absolute atomic E-state index is 5.95. The summed E-state index contributed by atoms with van der Waals surface area (Å²) in [5, 5.41) is 4.89. The fraction of sp³-hybridized carbons (Fsp3) is 0.273. The molecule has 0 saturated heterocycles. The van der Waals surface area contributed by atoms with Gasteiger partial charge in [0, 0.05) is 12.2 Å². The summed E-state index contributed by atoms with van der Waals surface area (Å²) in [6, 6.07) is 3.79. The minimum Gasteiger partial charge on any atom is -0.324 e. The van der Waals surface area contributed by atoms with Gasteiger partial charge in [0.15, 0.2) is 5.82 Å². The molecule has 0 fully saturated rings. The van der Waals surface area contributed by atoms with E-state index in [0.29, 0.717) is 5.02 Å². The molecule has 0 bridgehead atoms. The third kappa shape index (κ3) is 2.08. The molecule has 4 nitrogen and oxygen atoms in total. The lowest BCUT2D eigenvalue weighted by molar-refractivity contribution is 0.792. The molecule has 0 amide bonds. The molecule has 16 heavy (non-hydrogen) atoms. The van der Waals surface area contributed by atoms with Gasteiger partial charge in [-0.1, -0.05) is 11.6 Å². The Labute approximate surface area is 99.1 Å². The lowest BCUT2D eigenvalue weighted by Crippen LogP contribution is -2.07. The summed E-state index contributed by atoms with van der Waals surface area (Å²) in [5.74, 6) is 0.727. The van der Waals surface area contributed by atoms with Crippen LogP contribution in [0.4, 0.5) is 0 Å². The fourth-order valence-corrected chi connectivity index (χ4v) is 1.53. The Kier molecular flexibility index (Phi) is 2.94. The summed E-state index contributed by atoms with van der Waals surface area (Å²) in [5.41, 5.74) is 7.62. The fourth-order valence-electron chi connectivity index (χ4n) is 1.40. The molecule has 84 valence electrons. The molecule has 2 N–H and O–H groups in total. The number of halogens is 1. The first kappa shape index (κ1) is 11.1. The monoisotopic (exact) mass is 236 g/mol. The summed E-state index contributed by atoms with van der Waals surface area (Å²) in [4.78, 5) is 4.23. The summed E-state index contributed by atoms with van der Waals surface area (Å²) >= 11 is 5.95. The topological polar surface area (TPSA) is 56.7 Å². The van der Waals surface area contributed by atoms with Crippen molar-refractivity contribution < 1.29 is 0 Å². The predicted octanol–water partition coefficient (Wildman–Crippen LogP) is 2.25. The number of nitrogens with two attached hydrogens (primary N) is 1. The average molecular weight is 237 g/mol. The van der Waals surface area contributed by atoms with Gasteiger partial charge in [0.05, 0.1) is 16.9 Å². The number of rotatable bonds is 2. The van der Waals surface area contributed by atoms with Gasteiger partial charge in [0.1, 0.15) is 0 Å². The Hall–Kier alpha value is -1.39. The first-order chi connectivity index (χ1) is 7.58. The normalized spacial score (nSPS) is 12.8. The zero-order valence-electron chi connectivity index (χ0n) is 9.18. The molecule has 0 saturated carbocycles. The molecule has 0 unspecified atom stereocenters. The predicted molar refractivity (Wildman–Crippen MR) is 63.7 cm³/mol. The Balaban J connectivity index is 2.44. The molecule has 1 atom stereocenters. The van der Waals surface area contributed by atoms with Crippen LogP contribution in [0.15, 0.2) is 24.5 Å². The van der Waals surface area contributed by atoms with Gasteiger partial charge in [0.2, 0.25) is 0 Å².